The zero-order chi connectivity index (χ0) is 17.4. The van der Waals surface area contributed by atoms with Crippen LogP contribution < -0.4 is 19.5 Å². The minimum Gasteiger partial charge on any atom is -0.497 e. The van der Waals surface area contributed by atoms with Crippen LogP contribution in [-0.4, -0.2) is 33.8 Å². The Bertz CT molecular complexity index is 668. The maximum Gasteiger partial charge on any atom is 0.224 e. The van der Waals surface area contributed by atoms with Crippen LogP contribution in [0.4, 0.5) is 0 Å². The lowest BCUT2D eigenvalue weighted by Gasteiger charge is -2.10. The van der Waals surface area contributed by atoms with E-state index in [0.717, 1.165) is 23.3 Å². The standard InChI is InChI=1S/C19H23NO4/c1-22-16-7-4-14(5-8-16)13-19(21)20-11-10-15-6-9-17(23-2)18(12-15)24-3/h4-9,12H,10-11,13H2,1-3H3,(H,20,21). The summed E-state index contributed by atoms with van der Waals surface area (Å²) < 4.78 is 15.6. The second-order valence-corrected chi connectivity index (χ2v) is 5.31. The minimum absolute atomic E-state index is 0.000596. The lowest BCUT2D eigenvalue weighted by molar-refractivity contribution is -0.120. The van der Waals surface area contributed by atoms with Gasteiger partial charge in [-0.3, -0.25) is 4.79 Å². The number of carbonyl (C=O) groups excluding carboxylic acids is 1. The van der Waals surface area contributed by atoms with Crippen molar-refractivity contribution in [3.05, 3.63) is 53.6 Å². The molecular weight excluding hydrogens is 306 g/mol. The van der Waals surface area contributed by atoms with Crippen molar-refractivity contribution in [2.24, 2.45) is 0 Å². The normalized spacial score (nSPS) is 10.1. The Labute approximate surface area is 142 Å². The average molecular weight is 329 g/mol. The van der Waals surface area contributed by atoms with E-state index in [0.29, 0.717) is 24.5 Å². The highest BCUT2D eigenvalue weighted by Crippen LogP contribution is 2.27. The number of rotatable bonds is 8. The van der Waals surface area contributed by atoms with E-state index in [1.165, 1.54) is 0 Å². The van der Waals surface area contributed by atoms with E-state index in [4.69, 9.17) is 14.2 Å². The molecule has 0 aliphatic heterocycles. The van der Waals surface area contributed by atoms with E-state index in [9.17, 15) is 4.79 Å². The molecule has 24 heavy (non-hydrogen) atoms. The molecule has 0 aliphatic carbocycles. The van der Waals surface area contributed by atoms with Crippen LogP contribution >= 0.6 is 0 Å². The van der Waals surface area contributed by atoms with Gasteiger partial charge in [-0.2, -0.15) is 0 Å². The predicted molar refractivity (Wildman–Crippen MR) is 93.0 cm³/mol. The number of amides is 1. The second-order valence-electron chi connectivity index (χ2n) is 5.31. The minimum atomic E-state index is 0.000596. The van der Waals surface area contributed by atoms with Gasteiger partial charge < -0.3 is 19.5 Å². The highest BCUT2D eigenvalue weighted by molar-refractivity contribution is 5.78. The number of nitrogens with one attached hydrogen (secondary N) is 1. The van der Waals surface area contributed by atoms with Gasteiger partial charge in [0.15, 0.2) is 11.5 Å². The summed E-state index contributed by atoms with van der Waals surface area (Å²) in [5.74, 6) is 2.18. The van der Waals surface area contributed by atoms with Crippen LogP contribution in [-0.2, 0) is 17.6 Å². The van der Waals surface area contributed by atoms with Crippen molar-refractivity contribution in [2.75, 3.05) is 27.9 Å². The Morgan fingerprint density at radius 3 is 2.17 bits per heavy atom. The number of carbonyl (C=O) groups is 1. The lowest BCUT2D eigenvalue weighted by atomic mass is 10.1. The quantitative estimate of drug-likeness (QED) is 0.809. The average Bonchev–Trinajstić information content (AvgIpc) is 2.62. The van der Waals surface area contributed by atoms with Crippen LogP contribution in [0, 0.1) is 0 Å². The van der Waals surface area contributed by atoms with Crippen LogP contribution in [0.5, 0.6) is 17.2 Å². The molecule has 2 aromatic rings. The smallest absolute Gasteiger partial charge is 0.224 e. The van der Waals surface area contributed by atoms with E-state index in [-0.39, 0.29) is 5.91 Å². The monoisotopic (exact) mass is 329 g/mol. The van der Waals surface area contributed by atoms with Gasteiger partial charge in [0.25, 0.3) is 0 Å². The molecule has 0 spiro atoms. The zero-order valence-electron chi connectivity index (χ0n) is 14.3. The molecule has 0 saturated carbocycles. The van der Waals surface area contributed by atoms with Gasteiger partial charge in [-0.1, -0.05) is 18.2 Å². The van der Waals surface area contributed by atoms with Crippen LogP contribution in [0.25, 0.3) is 0 Å². The third-order valence-corrected chi connectivity index (χ3v) is 3.71. The number of ether oxygens (including phenoxy) is 3. The molecule has 128 valence electrons. The molecule has 0 aromatic heterocycles. The first kappa shape index (κ1) is 17.7. The summed E-state index contributed by atoms with van der Waals surface area (Å²) >= 11 is 0. The maximum absolute atomic E-state index is 12.0. The van der Waals surface area contributed by atoms with Gasteiger partial charge in [0.2, 0.25) is 5.91 Å². The highest BCUT2D eigenvalue weighted by Gasteiger charge is 2.06. The fraction of sp³-hybridized carbons (Fsp3) is 0.316. The first-order chi connectivity index (χ1) is 11.7. The topological polar surface area (TPSA) is 56.8 Å². The van der Waals surface area contributed by atoms with Crippen LogP contribution in [0.15, 0.2) is 42.5 Å². The molecule has 0 fully saturated rings. The fourth-order valence-corrected chi connectivity index (χ4v) is 2.37. The van der Waals surface area contributed by atoms with Crippen LogP contribution in [0.2, 0.25) is 0 Å². The van der Waals surface area contributed by atoms with Gasteiger partial charge in [0.05, 0.1) is 27.8 Å². The Balaban J connectivity index is 1.81. The first-order valence-corrected chi connectivity index (χ1v) is 7.76. The zero-order valence-corrected chi connectivity index (χ0v) is 14.3. The molecule has 5 heteroatoms. The summed E-state index contributed by atoms with van der Waals surface area (Å²) in [5, 5.41) is 2.93. The Hall–Kier alpha value is -2.69. The van der Waals surface area contributed by atoms with Crippen molar-refractivity contribution < 1.29 is 19.0 Å². The van der Waals surface area contributed by atoms with Gasteiger partial charge in [0.1, 0.15) is 5.75 Å². The Morgan fingerprint density at radius 2 is 1.54 bits per heavy atom. The SMILES string of the molecule is COc1ccc(CC(=O)NCCc2ccc(OC)c(OC)c2)cc1. The molecule has 0 bridgehead atoms. The molecule has 0 unspecified atom stereocenters. The molecule has 1 N–H and O–H groups in total. The summed E-state index contributed by atoms with van der Waals surface area (Å²) in [5.41, 5.74) is 2.04. The van der Waals surface area contributed by atoms with E-state index in [2.05, 4.69) is 5.32 Å². The molecule has 5 nitrogen and oxygen atoms in total. The van der Waals surface area contributed by atoms with Crippen LogP contribution in [0.1, 0.15) is 11.1 Å². The third kappa shape index (κ3) is 4.91. The van der Waals surface area contributed by atoms with Crippen molar-refractivity contribution in [1.82, 2.24) is 5.32 Å². The first-order valence-electron chi connectivity index (χ1n) is 7.76. The van der Waals surface area contributed by atoms with Gasteiger partial charge in [-0.25, -0.2) is 0 Å². The van der Waals surface area contributed by atoms with E-state index in [1.807, 2.05) is 42.5 Å². The number of methoxy groups -OCH3 is 3. The fourth-order valence-electron chi connectivity index (χ4n) is 2.37. The maximum atomic E-state index is 12.0. The molecule has 2 rings (SSSR count). The van der Waals surface area contributed by atoms with Crippen molar-refractivity contribution in [2.45, 2.75) is 12.8 Å². The molecule has 0 aliphatic rings. The molecule has 2 aromatic carbocycles. The van der Waals surface area contributed by atoms with Crippen LogP contribution in [0.3, 0.4) is 0 Å². The second kappa shape index (κ2) is 8.82. The Morgan fingerprint density at radius 1 is 0.875 bits per heavy atom. The predicted octanol–water partition coefficient (Wildman–Crippen LogP) is 2.61. The summed E-state index contributed by atoms with van der Waals surface area (Å²) in [6.45, 7) is 0.574. The molecule has 1 amide bonds. The number of benzene rings is 2. The third-order valence-electron chi connectivity index (χ3n) is 3.71. The van der Waals surface area contributed by atoms with Crippen molar-refractivity contribution in [1.29, 1.82) is 0 Å². The van der Waals surface area contributed by atoms with E-state index >= 15 is 0 Å². The summed E-state index contributed by atoms with van der Waals surface area (Å²) in [4.78, 5) is 12.0. The molecular formula is C19H23NO4. The number of hydrogen-bond acceptors (Lipinski definition) is 4. The summed E-state index contributed by atoms with van der Waals surface area (Å²) in [7, 11) is 4.84. The Kier molecular flexibility index (Phi) is 6.49. The molecule has 0 radical (unpaired) electrons. The van der Waals surface area contributed by atoms with E-state index in [1.54, 1.807) is 21.3 Å². The van der Waals surface area contributed by atoms with Crippen molar-refractivity contribution >= 4 is 5.91 Å². The highest BCUT2D eigenvalue weighted by atomic mass is 16.5. The molecule has 0 heterocycles. The summed E-state index contributed by atoms with van der Waals surface area (Å²) in [6.07, 6.45) is 1.09. The van der Waals surface area contributed by atoms with Gasteiger partial charge in [-0.15, -0.1) is 0 Å². The largest absolute Gasteiger partial charge is 0.497 e. The van der Waals surface area contributed by atoms with Gasteiger partial charge in [0, 0.05) is 6.54 Å². The summed E-state index contributed by atoms with van der Waals surface area (Å²) in [6, 6.07) is 13.3. The van der Waals surface area contributed by atoms with Crippen molar-refractivity contribution in [3.8, 4) is 17.2 Å². The van der Waals surface area contributed by atoms with Gasteiger partial charge >= 0.3 is 0 Å². The molecule has 0 saturated heterocycles. The van der Waals surface area contributed by atoms with Crippen molar-refractivity contribution in [3.63, 3.8) is 0 Å². The number of hydrogen-bond donors (Lipinski definition) is 1. The van der Waals surface area contributed by atoms with Gasteiger partial charge in [-0.05, 0) is 41.8 Å². The lowest BCUT2D eigenvalue weighted by Crippen LogP contribution is -2.27. The van der Waals surface area contributed by atoms with E-state index < -0.39 is 0 Å². The molecule has 0 atom stereocenters.